The molecule has 10 heteroatoms. The molecule has 1 amide bonds. The summed E-state index contributed by atoms with van der Waals surface area (Å²) in [4.78, 5) is 12.4. The van der Waals surface area contributed by atoms with E-state index in [1.807, 2.05) is 6.92 Å². The Kier molecular flexibility index (Phi) is 5.50. The van der Waals surface area contributed by atoms with Crippen LogP contribution in [0.3, 0.4) is 0 Å². The van der Waals surface area contributed by atoms with Gasteiger partial charge < -0.3 is 14.3 Å². The predicted octanol–water partition coefficient (Wildman–Crippen LogP) is 4.52. The standard InChI is InChI=1S/C18H17F3N4O2S/c1-10-14(7-8-27-10)15-23-24-17(25(15)3)28-11(2)16(26)22-13-6-4-5-12(9-13)18(19,20)21/h4-9,11H,1-3H3,(H,22,26)/t11-/m0/s1. The van der Waals surface area contributed by atoms with Crippen molar-refractivity contribution in [3.63, 3.8) is 0 Å². The second kappa shape index (κ2) is 7.70. The van der Waals surface area contributed by atoms with E-state index in [1.165, 1.54) is 12.1 Å². The van der Waals surface area contributed by atoms with Gasteiger partial charge in [-0.25, -0.2) is 0 Å². The van der Waals surface area contributed by atoms with Crippen LogP contribution in [-0.2, 0) is 18.0 Å². The van der Waals surface area contributed by atoms with Gasteiger partial charge in [0, 0.05) is 12.7 Å². The maximum Gasteiger partial charge on any atom is 0.416 e. The Balaban J connectivity index is 1.70. The summed E-state index contributed by atoms with van der Waals surface area (Å²) in [5.74, 6) is 0.856. The van der Waals surface area contributed by atoms with Crippen molar-refractivity contribution in [2.45, 2.75) is 30.4 Å². The van der Waals surface area contributed by atoms with Crippen molar-refractivity contribution in [1.82, 2.24) is 14.8 Å². The van der Waals surface area contributed by atoms with Crippen LogP contribution in [0.2, 0.25) is 0 Å². The third-order valence-corrected chi connectivity index (χ3v) is 5.18. The molecule has 0 fully saturated rings. The van der Waals surface area contributed by atoms with E-state index in [4.69, 9.17) is 4.42 Å². The average Bonchev–Trinajstić information content (AvgIpc) is 3.20. The normalized spacial score (nSPS) is 12.8. The van der Waals surface area contributed by atoms with Gasteiger partial charge in [0.25, 0.3) is 0 Å². The number of furan rings is 1. The maximum absolute atomic E-state index is 12.8. The molecule has 1 atom stereocenters. The monoisotopic (exact) mass is 410 g/mol. The molecule has 0 aliphatic rings. The van der Waals surface area contributed by atoms with Gasteiger partial charge in [-0.3, -0.25) is 4.79 Å². The molecule has 0 aliphatic carbocycles. The summed E-state index contributed by atoms with van der Waals surface area (Å²) in [6.07, 6.45) is -2.92. The zero-order valence-electron chi connectivity index (χ0n) is 15.2. The second-order valence-electron chi connectivity index (χ2n) is 6.08. The minimum absolute atomic E-state index is 0.0833. The molecule has 0 saturated heterocycles. The molecule has 3 rings (SSSR count). The molecule has 1 aromatic carbocycles. The van der Waals surface area contributed by atoms with Gasteiger partial charge in [-0.1, -0.05) is 17.8 Å². The van der Waals surface area contributed by atoms with Crippen molar-refractivity contribution in [1.29, 1.82) is 0 Å². The van der Waals surface area contributed by atoms with Gasteiger partial charge in [-0.2, -0.15) is 13.2 Å². The first-order chi connectivity index (χ1) is 13.2. The average molecular weight is 410 g/mol. The molecule has 6 nitrogen and oxygen atoms in total. The van der Waals surface area contributed by atoms with Gasteiger partial charge in [0.1, 0.15) is 5.76 Å². The number of hydrogen-bond acceptors (Lipinski definition) is 5. The van der Waals surface area contributed by atoms with Gasteiger partial charge >= 0.3 is 6.18 Å². The summed E-state index contributed by atoms with van der Waals surface area (Å²) in [7, 11) is 1.77. The fourth-order valence-corrected chi connectivity index (χ4v) is 3.31. The Bertz CT molecular complexity index is 997. The first-order valence-corrected chi connectivity index (χ1v) is 9.13. The molecule has 2 aromatic heterocycles. The lowest BCUT2D eigenvalue weighted by Gasteiger charge is -2.13. The van der Waals surface area contributed by atoms with Crippen LogP contribution in [-0.4, -0.2) is 25.9 Å². The lowest BCUT2D eigenvalue weighted by atomic mass is 10.2. The molecule has 148 valence electrons. The zero-order valence-corrected chi connectivity index (χ0v) is 16.1. The van der Waals surface area contributed by atoms with Crippen LogP contribution in [0, 0.1) is 6.92 Å². The summed E-state index contributed by atoms with van der Waals surface area (Å²) < 4.78 is 45.4. The van der Waals surface area contributed by atoms with Gasteiger partial charge in [0.05, 0.1) is 22.6 Å². The predicted molar refractivity (Wildman–Crippen MR) is 98.8 cm³/mol. The van der Waals surface area contributed by atoms with Crippen molar-refractivity contribution in [2.75, 3.05) is 5.32 Å². The highest BCUT2D eigenvalue weighted by Gasteiger charge is 2.30. The van der Waals surface area contributed by atoms with Crippen LogP contribution in [0.1, 0.15) is 18.2 Å². The number of anilines is 1. The van der Waals surface area contributed by atoms with E-state index < -0.39 is 22.9 Å². The van der Waals surface area contributed by atoms with Crippen molar-refractivity contribution in [2.24, 2.45) is 7.05 Å². The van der Waals surface area contributed by atoms with Crippen molar-refractivity contribution < 1.29 is 22.4 Å². The van der Waals surface area contributed by atoms with Crippen LogP contribution >= 0.6 is 11.8 Å². The Morgan fingerprint density at radius 1 is 1.29 bits per heavy atom. The van der Waals surface area contributed by atoms with E-state index in [0.29, 0.717) is 16.7 Å². The topological polar surface area (TPSA) is 72.9 Å². The van der Waals surface area contributed by atoms with Gasteiger partial charge in [0.2, 0.25) is 5.91 Å². The Hall–Kier alpha value is -2.75. The summed E-state index contributed by atoms with van der Waals surface area (Å²) in [6, 6.07) is 6.28. The van der Waals surface area contributed by atoms with E-state index in [0.717, 1.165) is 29.5 Å². The molecule has 1 N–H and O–H groups in total. The van der Waals surface area contributed by atoms with E-state index in [9.17, 15) is 18.0 Å². The lowest BCUT2D eigenvalue weighted by Crippen LogP contribution is -2.23. The van der Waals surface area contributed by atoms with Crippen LogP contribution in [0.5, 0.6) is 0 Å². The quantitative estimate of drug-likeness (QED) is 0.626. The Labute approximate surface area is 163 Å². The number of benzene rings is 1. The fraction of sp³-hybridized carbons (Fsp3) is 0.278. The molecule has 0 unspecified atom stereocenters. The molecule has 0 aliphatic heterocycles. The highest BCUT2D eigenvalue weighted by Crippen LogP contribution is 2.31. The number of amides is 1. The van der Waals surface area contributed by atoms with E-state index in [1.54, 1.807) is 30.9 Å². The molecule has 0 bridgehead atoms. The Morgan fingerprint density at radius 3 is 2.68 bits per heavy atom. The number of aryl methyl sites for hydroxylation is 1. The summed E-state index contributed by atoms with van der Waals surface area (Å²) in [5.41, 5.74) is 0.0573. The Morgan fingerprint density at radius 2 is 2.04 bits per heavy atom. The van der Waals surface area contributed by atoms with Crippen molar-refractivity contribution in [3.05, 3.63) is 47.9 Å². The van der Waals surface area contributed by atoms with Crippen LogP contribution in [0.4, 0.5) is 18.9 Å². The van der Waals surface area contributed by atoms with Gasteiger partial charge in [0.15, 0.2) is 11.0 Å². The number of nitrogens with one attached hydrogen (secondary N) is 1. The molecular weight excluding hydrogens is 393 g/mol. The number of alkyl halides is 3. The van der Waals surface area contributed by atoms with Crippen LogP contribution < -0.4 is 5.32 Å². The fourth-order valence-electron chi connectivity index (χ4n) is 2.50. The SMILES string of the molecule is Cc1occc1-c1nnc(S[C@@H](C)C(=O)Nc2cccc(C(F)(F)F)c2)n1C. The number of hydrogen-bond donors (Lipinski definition) is 1. The van der Waals surface area contributed by atoms with E-state index in [-0.39, 0.29) is 5.69 Å². The third-order valence-electron chi connectivity index (χ3n) is 4.04. The summed E-state index contributed by atoms with van der Waals surface area (Å²) in [5, 5.41) is 10.6. The number of nitrogens with zero attached hydrogens (tertiary/aromatic N) is 3. The molecular formula is C18H17F3N4O2S. The van der Waals surface area contributed by atoms with Gasteiger partial charge in [-0.15, -0.1) is 10.2 Å². The smallest absolute Gasteiger partial charge is 0.416 e. The zero-order chi connectivity index (χ0) is 20.5. The van der Waals surface area contributed by atoms with Crippen molar-refractivity contribution >= 4 is 23.4 Å². The minimum atomic E-state index is -4.47. The second-order valence-corrected chi connectivity index (χ2v) is 7.39. The van der Waals surface area contributed by atoms with Crippen LogP contribution in [0.25, 0.3) is 11.4 Å². The maximum atomic E-state index is 12.8. The summed E-state index contributed by atoms with van der Waals surface area (Å²) in [6.45, 7) is 3.45. The van der Waals surface area contributed by atoms with E-state index in [2.05, 4.69) is 15.5 Å². The van der Waals surface area contributed by atoms with Crippen LogP contribution in [0.15, 0.2) is 46.2 Å². The first-order valence-electron chi connectivity index (χ1n) is 8.25. The number of thioether (sulfide) groups is 1. The number of halogens is 3. The molecule has 28 heavy (non-hydrogen) atoms. The van der Waals surface area contributed by atoms with Crippen molar-refractivity contribution in [3.8, 4) is 11.4 Å². The van der Waals surface area contributed by atoms with E-state index >= 15 is 0 Å². The minimum Gasteiger partial charge on any atom is -0.469 e. The molecule has 3 aromatic rings. The number of carbonyl (C=O) groups is 1. The number of carbonyl (C=O) groups excluding carboxylic acids is 1. The molecule has 0 radical (unpaired) electrons. The summed E-state index contributed by atoms with van der Waals surface area (Å²) >= 11 is 1.16. The third kappa shape index (κ3) is 4.22. The highest BCUT2D eigenvalue weighted by molar-refractivity contribution is 8.00. The number of aromatic nitrogens is 3. The molecule has 0 saturated carbocycles. The largest absolute Gasteiger partial charge is 0.469 e. The molecule has 0 spiro atoms. The lowest BCUT2D eigenvalue weighted by molar-refractivity contribution is -0.137. The van der Waals surface area contributed by atoms with Gasteiger partial charge in [-0.05, 0) is 38.1 Å². The number of rotatable bonds is 5. The molecule has 2 heterocycles. The first kappa shape index (κ1) is 20.0. The highest BCUT2D eigenvalue weighted by atomic mass is 32.2.